The Hall–Kier alpha value is -0.480. The van der Waals surface area contributed by atoms with Gasteiger partial charge < -0.3 is 9.47 Å². The number of allylic oxidation sites excluding steroid dienone is 1. The van der Waals surface area contributed by atoms with E-state index >= 15 is 0 Å². The van der Waals surface area contributed by atoms with Crippen LogP contribution in [0.1, 0.15) is 47.0 Å². The molecule has 2 unspecified atom stereocenters. The Morgan fingerprint density at radius 1 is 1.16 bits per heavy atom. The molecule has 1 aliphatic carbocycles. The highest BCUT2D eigenvalue weighted by Crippen LogP contribution is 2.27. The van der Waals surface area contributed by atoms with Crippen molar-refractivity contribution >= 4 is 0 Å². The van der Waals surface area contributed by atoms with Crippen LogP contribution in [-0.4, -0.2) is 30.8 Å². The minimum Gasteiger partial charge on any atom is -0.373 e. The third kappa shape index (κ3) is 5.57. The van der Waals surface area contributed by atoms with Gasteiger partial charge in [0.1, 0.15) is 0 Å². The Morgan fingerprint density at radius 3 is 2.37 bits per heavy atom. The van der Waals surface area contributed by atoms with Crippen molar-refractivity contribution < 1.29 is 18.3 Å². The van der Waals surface area contributed by atoms with Crippen molar-refractivity contribution in [3.05, 3.63) is 12.2 Å². The first-order valence-electron chi connectivity index (χ1n) is 7.15. The molecule has 0 spiro atoms. The maximum atomic E-state index is 13.3. The molecule has 1 aliphatic rings. The summed E-state index contributed by atoms with van der Waals surface area (Å²) >= 11 is 0. The summed E-state index contributed by atoms with van der Waals surface area (Å²) in [5, 5.41) is 0. The average Bonchev–Trinajstić information content (AvgIpc) is 2.71. The van der Waals surface area contributed by atoms with E-state index in [4.69, 9.17) is 9.47 Å². The maximum absolute atomic E-state index is 13.3. The van der Waals surface area contributed by atoms with Crippen molar-refractivity contribution in [1.29, 1.82) is 0 Å². The topological polar surface area (TPSA) is 18.5 Å². The van der Waals surface area contributed by atoms with E-state index in [2.05, 4.69) is 0 Å². The van der Waals surface area contributed by atoms with Crippen LogP contribution in [0, 0.1) is 5.92 Å². The molecule has 0 heterocycles. The van der Waals surface area contributed by atoms with Gasteiger partial charge in [-0.05, 0) is 39.2 Å². The minimum atomic E-state index is -2.76. The van der Waals surface area contributed by atoms with Gasteiger partial charge in [-0.1, -0.05) is 19.9 Å². The molecule has 0 radical (unpaired) electrons. The number of ether oxygens (including phenoxy) is 2. The number of alkyl halides is 2. The zero-order chi connectivity index (χ0) is 14.5. The van der Waals surface area contributed by atoms with Gasteiger partial charge in [-0.3, -0.25) is 0 Å². The quantitative estimate of drug-likeness (QED) is 0.649. The van der Waals surface area contributed by atoms with Gasteiger partial charge in [-0.25, -0.2) is 8.78 Å². The molecule has 0 amide bonds. The van der Waals surface area contributed by atoms with Crippen molar-refractivity contribution in [3.8, 4) is 0 Å². The van der Waals surface area contributed by atoms with Crippen LogP contribution in [-0.2, 0) is 9.47 Å². The molecule has 0 aromatic heterocycles. The predicted octanol–water partition coefficient (Wildman–Crippen LogP) is 4.20. The second-order valence-corrected chi connectivity index (χ2v) is 5.76. The van der Waals surface area contributed by atoms with E-state index in [1.54, 1.807) is 0 Å². The zero-order valence-corrected chi connectivity index (χ0v) is 12.4. The van der Waals surface area contributed by atoms with Crippen molar-refractivity contribution in [2.75, 3.05) is 6.61 Å². The molecule has 0 saturated heterocycles. The highest BCUT2D eigenvalue weighted by Gasteiger charge is 2.30. The molecular weight excluding hydrogens is 250 g/mol. The molecule has 112 valence electrons. The first-order valence-corrected chi connectivity index (χ1v) is 7.15. The van der Waals surface area contributed by atoms with E-state index in [9.17, 15) is 8.78 Å². The molecule has 1 saturated carbocycles. The summed E-state index contributed by atoms with van der Waals surface area (Å²) in [5.74, 6) is -3.44. The number of halogens is 2. The van der Waals surface area contributed by atoms with Crippen LogP contribution < -0.4 is 0 Å². The third-order valence-corrected chi connectivity index (χ3v) is 3.36. The molecule has 0 bridgehead atoms. The second-order valence-electron chi connectivity index (χ2n) is 5.76. The molecule has 2 atom stereocenters. The van der Waals surface area contributed by atoms with Crippen LogP contribution in [0.5, 0.6) is 0 Å². The third-order valence-electron chi connectivity index (χ3n) is 3.36. The normalized spacial score (nSPS) is 25.1. The maximum Gasteiger partial charge on any atom is 0.268 e. The molecule has 4 heteroatoms. The van der Waals surface area contributed by atoms with E-state index in [0.29, 0.717) is 0 Å². The largest absolute Gasteiger partial charge is 0.373 e. The SMILES string of the molecule is CC(C)OC1CCCC1OC/C=C/C(F)(F)C(C)C. The van der Waals surface area contributed by atoms with E-state index in [1.165, 1.54) is 19.9 Å². The fourth-order valence-electron chi connectivity index (χ4n) is 2.16. The van der Waals surface area contributed by atoms with Crippen molar-refractivity contribution in [3.63, 3.8) is 0 Å². The Morgan fingerprint density at radius 2 is 1.79 bits per heavy atom. The molecule has 0 aromatic rings. The lowest BCUT2D eigenvalue weighted by molar-refractivity contribution is -0.0715. The van der Waals surface area contributed by atoms with Crippen LogP contribution >= 0.6 is 0 Å². The van der Waals surface area contributed by atoms with E-state index in [0.717, 1.165) is 25.3 Å². The molecule has 2 nitrogen and oxygen atoms in total. The fourth-order valence-corrected chi connectivity index (χ4v) is 2.16. The Bertz CT molecular complexity index is 288. The van der Waals surface area contributed by atoms with Crippen LogP contribution in [0.2, 0.25) is 0 Å². The highest BCUT2D eigenvalue weighted by atomic mass is 19.3. The van der Waals surface area contributed by atoms with Crippen molar-refractivity contribution in [2.45, 2.75) is 71.2 Å². The van der Waals surface area contributed by atoms with Gasteiger partial charge in [0.2, 0.25) is 0 Å². The molecule has 1 fully saturated rings. The van der Waals surface area contributed by atoms with Gasteiger partial charge in [-0.2, -0.15) is 0 Å². The van der Waals surface area contributed by atoms with Gasteiger partial charge in [0.05, 0.1) is 24.9 Å². The van der Waals surface area contributed by atoms with E-state index in [1.807, 2.05) is 13.8 Å². The van der Waals surface area contributed by atoms with Crippen LogP contribution in [0.25, 0.3) is 0 Å². The van der Waals surface area contributed by atoms with Crippen LogP contribution in [0.4, 0.5) is 8.78 Å². The molecule has 1 rings (SSSR count). The summed E-state index contributed by atoms with van der Waals surface area (Å²) in [6.07, 6.45) is 5.72. The Balaban J connectivity index is 2.34. The van der Waals surface area contributed by atoms with Gasteiger partial charge in [-0.15, -0.1) is 0 Å². The smallest absolute Gasteiger partial charge is 0.268 e. The van der Waals surface area contributed by atoms with Gasteiger partial charge in [0, 0.05) is 5.92 Å². The van der Waals surface area contributed by atoms with Gasteiger partial charge in [0.25, 0.3) is 5.92 Å². The standard InChI is InChI=1S/C15H26F2O2/c1-11(2)15(16,17)9-6-10-18-13-7-5-8-14(13)19-12(3)4/h6,9,11-14H,5,7-8,10H2,1-4H3/b9-6+. The summed E-state index contributed by atoms with van der Waals surface area (Å²) < 4.78 is 38.1. The Kier molecular flexibility index (Phi) is 6.40. The van der Waals surface area contributed by atoms with E-state index < -0.39 is 11.8 Å². The van der Waals surface area contributed by atoms with Crippen LogP contribution in [0.15, 0.2) is 12.2 Å². The summed E-state index contributed by atoms with van der Waals surface area (Å²) in [4.78, 5) is 0. The summed E-state index contributed by atoms with van der Waals surface area (Å²) in [6, 6.07) is 0. The predicted molar refractivity (Wildman–Crippen MR) is 72.5 cm³/mol. The summed E-state index contributed by atoms with van der Waals surface area (Å²) in [7, 11) is 0. The lowest BCUT2D eigenvalue weighted by Gasteiger charge is -2.22. The molecular formula is C15H26F2O2. The van der Waals surface area contributed by atoms with Crippen molar-refractivity contribution in [2.24, 2.45) is 5.92 Å². The first-order chi connectivity index (χ1) is 8.83. The van der Waals surface area contributed by atoms with Gasteiger partial charge >= 0.3 is 0 Å². The van der Waals surface area contributed by atoms with E-state index in [-0.39, 0.29) is 24.9 Å². The number of hydrogen-bond donors (Lipinski definition) is 0. The molecule has 0 aromatic carbocycles. The summed E-state index contributed by atoms with van der Waals surface area (Å²) in [6.45, 7) is 7.24. The molecule has 19 heavy (non-hydrogen) atoms. The van der Waals surface area contributed by atoms with Gasteiger partial charge in [0.15, 0.2) is 0 Å². The average molecular weight is 276 g/mol. The minimum absolute atomic E-state index is 0.0414. The molecule has 0 N–H and O–H groups in total. The lowest BCUT2D eigenvalue weighted by Crippen LogP contribution is -2.28. The number of hydrogen-bond acceptors (Lipinski definition) is 2. The van der Waals surface area contributed by atoms with Crippen LogP contribution in [0.3, 0.4) is 0 Å². The zero-order valence-electron chi connectivity index (χ0n) is 12.4. The number of rotatable bonds is 7. The highest BCUT2D eigenvalue weighted by molar-refractivity contribution is 4.96. The molecule has 0 aliphatic heterocycles. The summed E-state index contributed by atoms with van der Waals surface area (Å²) in [5.41, 5.74) is 0. The monoisotopic (exact) mass is 276 g/mol. The second kappa shape index (κ2) is 7.34. The lowest BCUT2D eigenvalue weighted by atomic mass is 10.1. The Labute approximate surface area is 115 Å². The fraction of sp³-hybridized carbons (Fsp3) is 0.867. The van der Waals surface area contributed by atoms with Crippen molar-refractivity contribution in [1.82, 2.24) is 0 Å². The first kappa shape index (κ1) is 16.6.